The third-order valence-corrected chi connectivity index (χ3v) is 3.21. The Morgan fingerprint density at radius 2 is 2.00 bits per heavy atom. The summed E-state index contributed by atoms with van der Waals surface area (Å²) in [7, 11) is 0. The molecule has 0 aliphatic rings. The van der Waals surface area contributed by atoms with Crippen molar-refractivity contribution in [2.45, 2.75) is 32.4 Å². The molecule has 0 radical (unpaired) electrons. The first kappa shape index (κ1) is 17.0. The molecule has 1 aromatic heterocycles. The molecule has 4 N–H and O–H groups in total. The second-order valence-corrected chi connectivity index (χ2v) is 6.39. The number of hydrogen-bond acceptors (Lipinski definition) is 4. The van der Waals surface area contributed by atoms with Crippen molar-refractivity contribution in [3.8, 4) is 0 Å². The first-order chi connectivity index (χ1) is 9.69. The number of thiophene rings is 1. The average molecular weight is 313 g/mol. The van der Waals surface area contributed by atoms with Crippen molar-refractivity contribution in [2.24, 2.45) is 0 Å². The Bertz CT molecular complexity index is 508. The van der Waals surface area contributed by atoms with E-state index in [0.717, 1.165) is 0 Å². The minimum atomic E-state index is -1.16. The Balaban J connectivity index is 2.49. The Hall–Kier alpha value is -2.09. The molecule has 0 aliphatic carbocycles. The second-order valence-electron chi connectivity index (χ2n) is 5.41. The number of carbonyl (C=O) groups excluding carboxylic acids is 2. The van der Waals surface area contributed by atoms with Crippen LogP contribution in [0.2, 0.25) is 0 Å². The Morgan fingerprint density at radius 3 is 2.48 bits per heavy atom. The number of carboxylic acids is 1. The SMILES string of the molecule is CC(C)(C)NC(=O)CNC(=O)NC(C(=O)O)c1cccs1. The maximum atomic E-state index is 11.7. The second kappa shape index (κ2) is 7.07. The number of nitrogens with one attached hydrogen (secondary N) is 3. The van der Waals surface area contributed by atoms with Crippen molar-refractivity contribution in [1.82, 2.24) is 16.0 Å². The fraction of sp³-hybridized carbons (Fsp3) is 0.462. The van der Waals surface area contributed by atoms with Crippen LogP contribution >= 0.6 is 11.3 Å². The predicted molar refractivity (Wildman–Crippen MR) is 79.1 cm³/mol. The molecule has 0 spiro atoms. The molecule has 1 unspecified atom stereocenters. The van der Waals surface area contributed by atoms with Crippen LogP contribution in [0.1, 0.15) is 31.7 Å². The summed E-state index contributed by atoms with van der Waals surface area (Å²) in [5.41, 5.74) is -0.393. The van der Waals surface area contributed by atoms with Gasteiger partial charge in [-0.3, -0.25) is 4.79 Å². The molecule has 1 atom stereocenters. The third kappa shape index (κ3) is 6.26. The van der Waals surface area contributed by atoms with Gasteiger partial charge in [-0.15, -0.1) is 11.3 Å². The highest BCUT2D eigenvalue weighted by Gasteiger charge is 2.23. The van der Waals surface area contributed by atoms with Crippen LogP contribution in [0.5, 0.6) is 0 Å². The van der Waals surface area contributed by atoms with Crippen LogP contribution in [0.4, 0.5) is 4.79 Å². The van der Waals surface area contributed by atoms with Crippen molar-refractivity contribution >= 4 is 29.2 Å². The van der Waals surface area contributed by atoms with Gasteiger partial charge < -0.3 is 21.1 Å². The third-order valence-electron chi connectivity index (χ3n) is 2.27. The van der Waals surface area contributed by atoms with Crippen molar-refractivity contribution in [3.63, 3.8) is 0 Å². The van der Waals surface area contributed by atoms with Gasteiger partial charge in [-0.05, 0) is 32.2 Å². The summed E-state index contributed by atoms with van der Waals surface area (Å²) in [6.45, 7) is 5.24. The fourth-order valence-electron chi connectivity index (χ4n) is 1.52. The van der Waals surface area contributed by atoms with Crippen LogP contribution in [-0.4, -0.2) is 35.1 Å². The van der Waals surface area contributed by atoms with Gasteiger partial charge in [0.1, 0.15) is 0 Å². The van der Waals surface area contributed by atoms with Gasteiger partial charge >= 0.3 is 12.0 Å². The molecule has 0 saturated carbocycles. The lowest BCUT2D eigenvalue weighted by atomic mass is 10.1. The number of amides is 3. The molecule has 116 valence electrons. The first-order valence-corrected chi connectivity index (χ1v) is 7.18. The Morgan fingerprint density at radius 1 is 1.33 bits per heavy atom. The van der Waals surface area contributed by atoms with Crippen LogP contribution in [0.25, 0.3) is 0 Å². The van der Waals surface area contributed by atoms with Crippen LogP contribution in [0.3, 0.4) is 0 Å². The largest absolute Gasteiger partial charge is 0.479 e. The number of rotatable bonds is 5. The topological polar surface area (TPSA) is 108 Å². The van der Waals surface area contributed by atoms with Crippen molar-refractivity contribution in [3.05, 3.63) is 22.4 Å². The van der Waals surface area contributed by atoms with Gasteiger partial charge in [-0.1, -0.05) is 6.07 Å². The monoisotopic (exact) mass is 313 g/mol. The highest BCUT2D eigenvalue weighted by Crippen LogP contribution is 2.18. The lowest BCUT2D eigenvalue weighted by Crippen LogP contribution is -2.48. The predicted octanol–water partition coefficient (Wildman–Crippen LogP) is 1.09. The summed E-state index contributed by atoms with van der Waals surface area (Å²) in [6, 6.07) is 1.48. The summed E-state index contributed by atoms with van der Waals surface area (Å²) < 4.78 is 0. The van der Waals surface area contributed by atoms with Crippen molar-refractivity contribution in [2.75, 3.05) is 6.54 Å². The molecule has 1 rings (SSSR count). The van der Waals surface area contributed by atoms with Gasteiger partial charge in [0.2, 0.25) is 5.91 Å². The molecule has 0 aromatic carbocycles. The minimum absolute atomic E-state index is 0.222. The van der Waals surface area contributed by atoms with Gasteiger partial charge in [0.05, 0.1) is 6.54 Å². The number of urea groups is 1. The van der Waals surface area contributed by atoms with Gasteiger partial charge in [0.15, 0.2) is 6.04 Å². The van der Waals surface area contributed by atoms with E-state index in [2.05, 4.69) is 16.0 Å². The lowest BCUT2D eigenvalue weighted by molar-refractivity contribution is -0.139. The molecular formula is C13H19N3O4S. The van der Waals surface area contributed by atoms with Crippen LogP contribution < -0.4 is 16.0 Å². The zero-order valence-corrected chi connectivity index (χ0v) is 12.9. The summed E-state index contributed by atoms with van der Waals surface area (Å²) in [4.78, 5) is 34.9. The van der Waals surface area contributed by atoms with E-state index in [-0.39, 0.29) is 12.5 Å². The summed E-state index contributed by atoms with van der Waals surface area (Å²) in [5, 5.41) is 18.2. The van der Waals surface area contributed by atoms with Gasteiger partial charge in [-0.25, -0.2) is 9.59 Å². The molecule has 1 aromatic rings. The van der Waals surface area contributed by atoms with E-state index in [1.165, 1.54) is 11.3 Å². The zero-order valence-electron chi connectivity index (χ0n) is 12.1. The number of aliphatic carboxylic acids is 1. The highest BCUT2D eigenvalue weighted by atomic mass is 32.1. The quantitative estimate of drug-likeness (QED) is 0.652. The fourth-order valence-corrected chi connectivity index (χ4v) is 2.28. The van der Waals surface area contributed by atoms with E-state index in [1.807, 2.05) is 20.8 Å². The van der Waals surface area contributed by atoms with E-state index in [4.69, 9.17) is 5.11 Å². The van der Waals surface area contributed by atoms with Crippen molar-refractivity contribution < 1.29 is 19.5 Å². The summed E-state index contributed by atoms with van der Waals surface area (Å²) in [5.74, 6) is -1.51. The number of carboxylic acid groups (broad SMARTS) is 1. The van der Waals surface area contributed by atoms with E-state index in [1.54, 1.807) is 17.5 Å². The van der Waals surface area contributed by atoms with Crippen molar-refractivity contribution in [1.29, 1.82) is 0 Å². The molecular weight excluding hydrogens is 294 g/mol. The van der Waals surface area contributed by atoms with E-state index in [0.29, 0.717) is 4.88 Å². The lowest BCUT2D eigenvalue weighted by Gasteiger charge is -2.20. The Kier molecular flexibility index (Phi) is 5.71. The van der Waals surface area contributed by atoms with E-state index >= 15 is 0 Å². The van der Waals surface area contributed by atoms with E-state index < -0.39 is 23.6 Å². The average Bonchev–Trinajstić information content (AvgIpc) is 2.84. The Labute approximate surface area is 126 Å². The summed E-state index contributed by atoms with van der Waals surface area (Å²) in [6.07, 6.45) is 0. The molecule has 3 amide bonds. The molecule has 0 aliphatic heterocycles. The minimum Gasteiger partial charge on any atom is -0.479 e. The highest BCUT2D eigenvalue weighted by molar-refractivity contribution is 7.10. The van der Waals surface area contributed by atoms with Gasteiger partial charge in [0.25, 0.3) is 0 Å². The first-order valence-electron chi connectivity index (χ1n) is 6.30. The summed E-state index contributed by atoms with van der Waals surface area (Å²) >= 11 is 1.23. The maximum absolute atomic E-state index is 11.7. The molecule has 7 nitrogen and oxygen atoms in total. The molecule has 8 heteroatoms. The smallest absolute Gasteiger partial charge is 0.331 e. The van der Waals surface area contributed by atoms with Crippen LogP contribution in [0.15, 0.2) is 17.5 Å². The maximum Gasteiger partial charge on any atom is 0.331 e. The molecule has 1 heterocycles. The number of carbonyl (C=O) groups is 3. The normalized spacial score (nSPS) is 12.3. The molecule has 21 heavy (non-hydrogen) atoms. The van der Waals surface area contributed by atoms with E-state index in [9.17, 15) is 14.4 Å². The molecule has 0 bridgehead atoms. The molecule has 0 fully saturated rings. The standard InChI is InChI=1S/C13H19N3O4S/c1-13(2,3)16-9(17)7-14-12(20)15-10(11(18)19)8-5-4-6-21-8/h4-6,10H,7H2,1-3H3,(H,16,17)(H,18,19)(H2,14,15,20). The van der Waals surface area contributed by atoms with Gasteiger partial charge in [-0.2, -0.15) is 0 Å². The van der Waals surface area contributed by atoms with Crippen LogP contribution in [-0.2, 0) is 9.59 Å². The zero-order chi connectivity index (χ0) is 16.0. The van der Waals surface area contributed by atoms with Crippen LogP contribution in [0, 0.1) is 0 Å². The van der Waals surface area contributed by atoms with Gasteiger partial charge in [0, 0.05) is 10.4 Å². The number of hydrogen-bond donors (Lipinski definition) is 4. The molecule has 0 saturated heterocycles.